The van der Waals surface area contributed by atoms with Gasteiger partial charge in [0, 0.05) is 32.1 Å². The first-order valence-corrected chi connectivity index (χ1v) is 7.75. The second-order valence-corrected chi connectivity index (χ2v) is 5.27. The van der Waals surface area contributed by atoms with Crippen LogP contribution in [-0.2, 0) is 4.74 Å². The number of methoxy groups -OCH3 is 1. The number of rotatable bonds is 7. The number of nitrogens with zero attached hydrogens (tertiary/aromatic N) is 2. The number of ether oxygens (including phenoxy) is 1. The van der Waals surface area contributed by atoms with Crippen molar-refractivity contribution >= 4 is 11.7 Å². The Labute approximate surface area is 137 Å². The highest BCUT2D eigenvalue weighted by Crippen LogP contribution is 2.20. The van der Waals surface area contributed by atoms with Gasteiger partial charge in [0.1, 0.15) is 0 Å². The molecule has 5 heteroatoms. The number of hydrogen-bond acceptors (Lipinski definition) is 3. The Morgan fingerprint density at radius 3 is 2.61 bits per heavy atom. The molecule has 2 rings (SSSR count). The molecule has 0 radical (unpaired) electrons. The van der Waals surface area contributed by atoms with Gasteiger partial charge in [-0.15, -0.1) is 0 Å². The molecule has 0 saturated heterocycles. The van der Waals surface area contributed by atoms with Gasteiger partial charge in [0.05, 0.1) is 11.7 Å². The lowest BCUT2D eigenvalue weighted by atomic mass is 10.2. The molecule has 23 heavy (non-hydrogen) atoms. The van der Waals surface area contributed by atoms with E-state index in [1.165, 1.54) is 0 Å². The van der Waals surface area contributed by atoms with Crippen LogP contribution in [0.25, 0.3) is 0 Å². The standard InChI is InChI=1S/C18H23N3O2/c1-15(17-11-6-7-12-19-17)21(13-8-14-23-2)18(22)20-16-9-4-3-5-10-16/h3-7,9-12,15H,8,13-14H2,1-2H3,(H,20,22)/t15-/m0/s1. The number of nitrogens with one attached hydrogen (secondary N) is 1. The topological polar surface area (TPSA) is 54.5 Å². The van der Waals surface area contributed by atoms with Gasteiger partial charge in [-0.2, -0.15) is 0 Å². The molecule has 0 unspecified atom stereocenters. The molecule has 122 valence electrons. The fourth-order valence-electron chi connectivity index (χ4n) is 2.35. The van der Waals surface area contributed by atoms with E-state index < -0.39 is 0 Å². The SMILES string of the molecule is COCCCN(C(=O)Nc1ccccc1)[C@@H](C)c1ccccn1. The Hall–Kier alpha value is -2.40. The molecule has 0 bridgehead atoms. The summed E-state index contributed by atoms with van der Waals surface area (Å²) in [5.74, 6) is 0. The first kappa shape index (κ1) is 17.0. The zero-order valence-corrected chi connectivity index (χ0v) is 13.6. The van der Waals surface area contributed by atoms with Crippen LogP contribution in [0.5, 0.6) is 0 Å². The fourth-order valence-corrected chi connectivity index (χ4v) is 2.35. The number of amides is 2. The van der Waals surface area contributed by atoms with Crippen molar-refractivity contribution < 1.29 is 9.53 Å². The molecule has 2 amide bonds. The van der Waals surface area contributed by atoms with E-state index >= 15 is 0 Å². The number of carbonyl (C=O) groups is 1. The molecule has 1 aromatic carbocycles. The monoisotopic (exact) mass is 313 g/mol. The van der Waals surface area contributed by atoms with Gasteiger partial charge in [0.15, 0.2) is 0 Å². The van der Waals surface area contributed by atoms with Crippen molar-refractivity contribution in [3.63, 3.8) is 0 Å². The molecule has 0 fully saturated rings. The molecule has 0 spiro atoms. The zero-order valence-electron chi connectivity index (χ0n) is 13.6. The van der Waals surface area contributed by atoms with E-state index in [1.807, 2.05) is 55.5 Å². The smallest absolute Gasteiger partial charge is 0.322 e. The number of benzene rings is 1. The maximum absolute atomic E-state index is 12.7. The van der Waals surface area contributed by atoms with E-state index in [0.29, 0.717) is 13.2 Å². The summed E-state index contributed by atoms with van der Waals surface area (Å²) >= 11 is 0. The lowest BCUT2D eigenvalue weighted by Gasteiger charge is -2.29. The number of para-hydroxylation sites is 1. The summed E-state index contributed by atoms with van der Waals surface area (Å²) in [6.45, 7) is 3.20. The Kier molecular flexibility index (Phi) is 6.56. The molecule has 1 N–H and O–H groups in total. The first-order chi connectivity index (χ1) is 11.2. The number of carbonyl (C=O) groups excluding carboxylic acids is 1. The van der Waals surface area contributed by atoms with Gasteiger partial charge in [0.2, 0.25) is 0 Å². The molecule has 0 aliphatic rings. The molecular formula is C18H23N3O2. The van der Waals surface area contributed by atoms with Crippen LogP contribution in [0, 0.1) is 0 Å². The highest BCUT2D eigenvalue weighted by molar-refractivity contribution is 5.89. The highest BCUT2D eigenvalue weighted by atomic mass is 16.5. The Bertz CT molecular complexity index is 590. The Morgan fingerprint density at radius 2 is 1.96 bits per heavy atom. The fraction of sp³-hybridized carbons (Fsp3) is 0.333. The van der Waals surface area contributed by atoms with Gasteiger partial charge >= 0.3 is 6.03 Å². The molecular weight excluding hydrogens is 290 g/mol. The van der Waals surface area contributed by atoms with Crippen molar-refractivity contribution in [1.82, 2.24) is 9.88 Å². The predicted octanol–water partition coefficient (Wildman–Crippen LogP) is 3.71. The molecule has 0 aliphatic heterocycles. The van der Waals surface area contributed by atoms with Crippen LogP contribution in [0.1, 0.15) is 25.1 Å². The van der Waals surface area contributed by atoms with Crippen LogP contribution in [0.15, 0.2) is 54.7 Å². The third kappa shape index (κ3) is 5.07. The van der Waals surface area contributed by atoms with Crippen LogP contribution in [0.3, 0.4) is 0 Å². The van der Waals surface area contributed by atoms with E-state index in [2.05, 4.69) is 10.3 Å². The van der Waals surface area contributed by atoms with Crippen molar-refractivity contribution in [2.75, 3.05) is 25.6 Å². The maximum atomic E-state index is 12.7. The van der Waals surface area contributed by atoms with Crippen molar-refractivity contribution in [3.05, 3.63) is 60.4 Å². The van der Waals surface area contributed by atoms with Gasteiger partial charge in [-0.25, -0.2) is 4.79 Å². The average molecular weight is 313 g/mol. The van der Waals surface area contributed by atoms with E-state index in [4.69, 9.17) is 4.74 Å². The normalized spacial score (nSPS) is 11.7. The molecule has 5 nitrogen and oxygen atoms in total. The highest BCUT2D eigenvalue weighted by Gasteiger charge is 2.22. The number of hydrogen-bond donors (Lipinski definition) is 1. The summed E-state index contributed by atoms with van der Waals surface area (Å²) in [4.78, 5) is 18.8. The van der Waals surface area contributed by atoms with Crippen molar-refractivity contribution in [1.29, 1.82) is 0 Å². The van der Waals surface area contributed by atoms with Crippen molar-refractivity contribution in [3.8, 4) is 0 Å². The molecule has 1 atom stereocenters. The Morgan fingerprint density at radius 1 is 1.22 bits per heavy atom. The molecule has 0 aliphatic carbocycles. The van der Waals surface area contributed by atoms with E-state index in [1.54, 1.807) is 18.2 Å². The molecule has 1 heterocycles. The van der Waals surface area contributed by atoms with Gasteiger partial charge in [-0.1, -0.05) is 24.3 Å². The van der Waals surface area contributed by atoms with Crippen LogP contribution in [0.4, 0.5) is 10.5 Å². The minimum Gasteiger partial charge on any atom is -0.385 e. The summed E-state index contributed by atoms with van der Waals surface area (Å²) in [6, 6.07) is 14.9. The van der Waals surface area contributed by atoms with Crippen molar-refractivity contribution in [2.24, 2.45) is 0 Å². The van der Waals surface area contributed by atoms with Crippen LogP contribution < -0.4 is 5.32 Å². The third-order valence-corrected chi connectivity index (χ3v) is 3.62. The Balaban J connectivity index is 2.11. The summed E-state index contributed by atoms with van der Waals surface area (Å²) in [6.07, 6.45) is 2.52. The minimum absolute atomic E-state index is 0.114. The summed E-state index contributed by atoms with van der Waals surface area (Å²) in [5, 5.41) is 2.94. The zero-order chi connectivity index (χ0) is 16.5. The first-order valence-electron chi connectivity index (χ1n) is 7.75. The molecule has 1 aromatic heterocycles. The number of aromatic nitrogens is 1. The van der Waals surface area contributed by atoms with E-state index in [9.17, 15) is 4.79 Å². The summed E-state index contributed by atoms with van der Waals surface area (Å²) in [5.41, 5.74) is 1.65. The van der Waals surface area contributed by atoms with E-state index in [0.717, 1.165) is 17.8 Å². The van der Waals surface area contributed by atoms with Gasteiger partial charge in [-0.3, -0.25) is 4.98 Å². The lowest BCUT2D eigenvalue weighted by molar-refractivity contribution is 0.160. The average Bonchev–Trinajstić information content (AvgIpc) is 2.60. The predicted molar refractivity (Wildman–Crippen MR) is 91.3 cm³/mol. The van der Waals surface area contributed by atoms with Gasteiger partial charge in [0.25, 0.3) is 0 Å². The molecule has 2 aromatic rings. The third-order valence-electron chi connectivity index (χ3n) is 3.62. The van der Waals surface area contributed by atoms with E-state index in [-0.39, 0.29) is 12.1 Å². The van der Waals surface area contributed by atoms with Gasteiger partial charge in [-0.05, 0) is 37.6 Å². The maximum Gasteiger partial charge on any atom is 0.322 e. The second kappa shape index (κ2) is 8.90. The van der Waals surface area contributed by atoms with Crippen LogP contribution >= 0.6 is 0 Å². The van der Waals surface area contributed by atoms with Crippen LogP contribution in [0.2, 0.25) is 0 Å². The largest absolute Gasteiger partial charge is 0.385 e. The lowest BCUT2D eigenvalue weighted by Crippen LogP contribution is -2.38. The minimum atomic E-state index is -0.134. The quantitative estimate of drug-likeness (QED) is 0.793. The summed E-state index contributed by atoms with van der Waals surface area (Å²) < 4.78 is 5.10. The van der Waals surface area contributed by atoms with Crippen molar-refractivity contribution in [2.45, 2.75) is 19.4 Å². The number of pyridine rings is 1. The number of urea groups is 1. The van der Waals surface area contributed by atoms with Gasteiger partial charge < -0.3 is 15.0 Å². The van der Waals surface area contributed by atoms with Crippen LogP contribution in [-0.4, -0.2) is 36.2 Å². The summed E-state index contributed by atoms with van der Waals surface area (Å²) in [7, 11) is 1.66. The number of anilines is 1. The second-order valence-electron chi connectivity index (χ2n) is 5.27. The molecule has 0 saturated carbocycles.